The van der Waals surface area contributed by atoms with Crippen molar-refractivity contribution in [2.45, 2.75) is 11.3 Å². The van der Waals surface area contributed by atoms with Crippen molar-refractivity contribution in [1.82, 2.24) is 14.8 Å². The molecule has 0 saturated carbocycles. The smallest absolute Gasteiger partial charge is 0.191 e. The van der Waals surface area contributed by atoms with Gasteiger partial charge in [-0.3, -0.25) is 0 Å². The Hall–Kier alpha value is -2.45. The zero-order valence-electron chi connectivity index (χ0n) is 14.0. The lowest BCUT2D eigenvalue weighted by Crippen LogP contribution is -2.20. The van der Waals surface area contributed by atoms with Gasteiger partial charge in [-0.2, -0.15) is 0 Å². The van der Waals surface area contributed by atoms with E-state index < -0.39 is 11.9 Å². The van der Waals surface area contributed by atoms with Crippen LogP contribution in [0.5, 0.6) is 5.75 Å². The summed E-state index contributed by atoms with van der Waals surface area (Å²) >= 11 is 1.30. The summed E-state index contributed by atoms with van der Waals surface area (Å²) in [5.41, 5.74) is 0.747. The van der Waals surface area contributed by atoms with E-state index in [2.05, 4.69) is 10.2 Å². The predicted octanol–water partition coefficient (Wildman–Crippen LogP) is 3.29. The number of benzene rings is 2. The summed E-state index contributed by atoms with van der Waals surface area (Å²) in [4.78, 5) is 0. The highest BCUT2D eigenvalue weighted by Crippen LogP contribution is 2.23. The molecule has 1 aromatic heterocycles. The van der Waals surface area contributed by atoms with E-state index in [0.717, 1.165) is 5.56 Å². The van der Waals surface area contributed by atoms with Gasteiger partial charge in [0.25, 0.3) is 0 Å². The van der Waals surface area contributed by atoms with Crippen LogP contribution in [0.4, 0.5) is 8.78 Å². The minimum absolute atomic E-state index is 0.0311. The van der Waals surface area contributed by atoms with Gasteiger partial charge in [0, 0.05) is 18.4 Å². The average Bonchev–Trinajstić information content (AvgIpc) is 3.00. The Kier molecular flexibility index (Phi) is 5.85. The molecule has 0 aliphatic heterocycles. The number of rotatable bonds is 7. The lowest BCUT2D eigenvalue weighted by Gasteiger charge is -2.12. The Bertz CT molecular complexity index is 871. The first-order valence-electron chi connectivity index (χ1n) is 7.88. The summed E-state index contributed by atoms with van der Waals surface area (Å²) in [5.74, 6) is 0.232. The number of aliphatic hydroxyl groups excluding tert-OH is 1. The van der Waals surface area contributed by atoms with Gasteiger partial charge in [-0.15, -0.1) is 10.2 Å². The summed E-state index contributed by atoms with van der Waals surface area (Å²) in [5, 5.41) is 18.8. The van der Waals surface area contributed by atoms with Gasteiger partial charge in [0.2, 0.25) is 0 Å². The Morgan fingerprint density at radius 3 is 2.58 bits per heavy atom. The van der Waals surface area contributed by atoms with E-state index in [1.165, 1.54) is 36.0 Å². The molecule has 8 heteroatoms. The molecule has 0 saturated heterocycles. The van der Waals surface area contributed by atoms with Crippen LogP contribution in [-0.4, -0.2) is 38.3 Å². The van der Waals surface area contributed by atoms with E-state index in [9.17, 15) is 13.9 Å². The van der Waals surface area contributed by atoms with Crippen LogP contribution < -0.4 is 4.74 Å². The second kappa shape index (κ2) is 8.29. The summed E-state index contributed by atoms with van der Waals surface area (Å²) in [6.07, 6.45) is -0.800. The molecule has 0 bridgehead atoms. The first kappa shape index (κ1) is 18.3. The Morgan fingerprint density at radius 2 is 1.85 bits per heavy atom. The van der Waals surface area contributed by atoms with Gasteiger partial charge < -0.3 is 14.4 Å². The van der Waals surface area contributed by atoms with Crippen molar-refractivity contribution in [3.63, 3.8) is 0 Å². The van der Waals surface area contributed by atoms with Crippen molar-refractivity contribution in [2.24, 2.45) is 7.05 Å². The Morgan fingerprint density at radius 1 is 1.12 bits per heavy atom. The first-order chi connectivity index (χ1) is 12.5. The van der Waals surface area contributed by atoms with Crippen LogP contribution in [-0.2, 0) is 7.05 Å². The fourth-order valence-corrected chi connectivity index (χ4v) is 3.07. The number of nitrogens with zero attached hydrogens (tertiary/aromatic N) is 3. The second-order valence-electron chi connectivity index (χ2n) is 5.58. The molecule has 3 rings (SSSR count). The molecule has 0 fully saturated rings. The highest BCUT2D eigenvalue weighted by Gasteiger charge is 2.14. The molecule has 2 aromatic carbocycles. The quantitative estimate of drug-likeness (QED) is 0.640. The molecule has 0 amide bonds. The van der Waals surface area contributed by atoms with Crippen LogP contribution in [0.3, 0.4) is 0 Å². The molecular weight excluding hydrogens is 360 g/mol. The minimum Gasteiger partial charge on any atom is -0.488 e. The van der Waals surface area contributed by atoms with Gasteiger partial charge in [0.05, 0.1) is 6.10 Å². The van der Waals surface area contributed by atoms with E-state index in [1.54, 1.807) is 35.9 Å². The summed E-state index contributed by atoms with van der Waals surface area (Å²) < 4.78 is 33.6. The lowest BCUT2D eigenvalue weighted by molar-refractivity contribution is 0.123. The molecule has 1 atom stereocenters. The van der Waals surface area contributed by atoms with E-state index in [0.29, 0.717) is 16.7 Å². The maximum Gasteiger partial charge on any atom is 0.191 e. The van der Waals surface area contributed by atoms with Crippen molar-refractivity contribution in [3.8, 4) is 17.1 Å². The summed E-state index contributed by atoms with van der Waals surface area (Å²) in [6.45, 7) is -0.0311. The molecule has 1 heterocycles. The van der Waals surface area contributed by atoms with Gasteiger partial charge >= 0.3 is 0 Å². The van der Waals surface area contributed by atoms with Crippen molar-refractivity contribution in [3.05, 3.63) is 60.2 Å². The number of para-hydroxylation sites is 1. The minimum atomic E-state index is -0.800. The zero-order chi connectivity index (χ0) is 18.5. The predicted molar refractivity (Wildman–Crippen MR) is 95.0 cm³/mol. The number of halogens is 2. The van der Waals surface area contributed by atoms with Crippen LogP contribution in [0.1, 0.15) is 0 Å². The largest absolute Gasteiger partial charge is 0.488 e. The van der Waals surface area contributed by atoms with Crippen LogP contribution in [0, 0.1) is 11.6 Å². The number of aromatic nitrogens is 3. The Balaban J connectivity index is 1.56. The molecule has 0 unspecified atom stereocenters. The molecular formula is C18H17F2N3O2S. The fraction of sp³-hybridized carbons (Fsp3) is 0.222. The molecule has 26 heavy (non-hydrogen) atoms. The Labute approximate surface area is 153 Å². The molecule has 3 aromatic rings. The van der Waals surface area contributed by atoms with E-state index >= 15 is 0 Å². The first-order valence-corrected chi connectivity index (χ1v) is 8.86. The lowest BCUT2D eigenvalue weighted by atomic mass is 10.2. The molecule has 0 aliphatic rings. The highest BCUT2D eigenvalue weighted by atomic mass is 32.2. The van der Waals surface area contributed by atoms with Crippen molar-refractivity contribution < 1.29 is 18.6 Å². The molecule has 1 N–H and O–H groups in total. The van der Waals surface area contributed by atoms with Gasteiger partial charge in [-0.25, -0.2) is 8.78 Å². The van der Waals surface area contributed by atoms with Crippen LogP contribution in [0.15, 0.2) is 53.7 Å². The van der Waals surface area contributed by atoms with Gasteiger partial charge in [-0.05, 0) is 36.4 Å². The molecule has 0 spiro atoms. The van der Waals surface area contributed by atoms with Crippen molar-refractivity contribution in [2.75, 3.05) is 12.4 Å². The number of ether oxygens (including phenoxy) is 1. The number of thioether (sulfide) groups is 1. The van der Waals surface area contributed by atoms with E-state index in [4.69, 9.17) is 4.74 Å². The third-order valence-electron chi connectivity index (χ3n) is 3.61. The summed E-state index contributed by atoms with van der Waals surface area (Å²) in [7, 11) is 1.79. The fourth-order valence-electron chi connectivity index (χ4n) is 2.26. The van der Waals surface area contributed by atoms with Crippen LogP contribution >= 0.6 is 11.8 Å². The zero-order valence-corrected chi connectivity index (χ0v) is 14.8. The normalized spacial score (nSPS) is 12.2. The number of hydrogen-bond acceptors (Lipinski definition) is 5. The maximum atomic E-state index is 13.5. The third-order valence-corrected chi connectivity index (χ3v) is 4.78. The standard InChI is InChI=1S/C18H17F2N3O2S/c1-23-17(12-6-8-13(19)9-7-12)21-22-18(23)26-11-14(24)10-25-16-5-3-2-4-15(16)20/h2-9,14,24H,10-11H2,1H3/t14-/m0/s1. The average molecular weight is 377 g/mol. The van der Waals surface area contributed by atoms with Crippen LogP contribution in [0.25, 0.3) is 11.4 Å². The number of aliphatic hydroxyl groups is 1. The van der Waals surface area contributed by atoms with E-state index in [1.807, 2.05) is 0 Å². The topological polar surface area (TPSA) is 60.2 Å². The van der Waals surface area contributed by atoms with Crippen molar-refractivity contribution in [1.29, 1.82) is 0 Å². The molecule has 136 valence electrons. The summed E-state index contributed by atoms with van der Waals surface area (Å²) in [6, 6.07) is 12.0. The molecule has 5 nitrogen and oxygen atoms in total. The molecule has 0 radical (unpaired) electrons. The van der Waals surface area contributed by atoms with E-state index in [-0.39, 0.29) is 18.2 Å². The van der Waals surface area contributed by atoms with Gasteiger partial charge in [-0.1, -0.05) is 23.9 Å². The van der Waals surface area contributed by atoms with Crippen LogP contribution in [0.2, 0.25) is 0 Å². The maximum absolute atomic E-state index is 13.5. The second-order valence-corrected chi connectivity index (χ2v) is 6.57. The monoisotopic (exact) mass is 377 g/mol. The molecule has 0 aliphatic carbocycles. The van der Waals surface area contributed by atoms with Gasteiger partial charge in [0.15, 0.2) is 22.5 Å². The highest BCUT2D eigenvalue weighted by molar-refractivity contribution is 7.99. The third kappa shape index (κ3) is 4.39. The van der Waals surface area contributed by atoms with Crippen molar-refractivity contribution >= 4 is 11.8 Å². The van der Waals surface area contributed by atoms with Gasteiger partial charge in [0.1, 0.15) is 12.4 Å². The number of hydrogen-bond donors (Lipinski definition) is 1. The SMILES string of the molecule is Cn1c(SC[C@@H](O)COc2ccccc2F)nnc1-c1ccc(F)cc1.